The van der Waals surface area contributed by atoms with Gasteiger partial charge in [0, 0.05) is 50.0 Å². The predicted octanol–water partition coefficient (Wildman–Crippen LogP) is 2.29. The van der Waals surface area contributed by atoms with Crippen LogP contribution >= 0.6 is 0 Å². The number of aromatic hydroxyl groups is 1. The Morgan fingerprint density at radius 3 is 2.31 bits per heavy atom. The summed E-state index contributed by atoms with van der Waals surface area (Å²) in [5, 5.41) is 35.5. The maximum Gasteiger partial charge on any atom is 0.229 e. The van der Waals surface area contributed by atoms with Crippen LogP contribution in [0.4, 0.5) is 11.6 Å². The summed E-state index contributed by atoms with van der Waals surface area (Å²) < 4.78 is 3.71. The van der Waals surface area contributed by atoms with Crippen molar-refractivity contribution in [2.24, 2.45) is 0 Å². The number of aliphatic hydroxyl groups excluding tert-OH is 2. The molecule has 1 saturated heterocycles. The highest BCUT2D eigenvalue weighted by Crippen LogP contribution is 2.29. The van der Waals surface area contributed by atoms with Crippen LogP contribution in [0.3, 0.4) is 0 Å². The lowest BCUT2D eigenvalue weighted by molar-refractivity contribution is 0.277. The van der Waals surface area contributed by atoms with Crippen LogP contribution in [0.1, 0.15) is 5.69 Å². The fraction of sp³-hybridized carbons (Fsp3) is 0.269. The van der Waals surface area contributed by atoms with E-state index in [1.165, 1.54) is 0 Å². The highest BCUT2D eigenvalue weighted by atomic mass is 16.3. The lowest BCUT2D eigenvalue weighted by Crippen LogP contribution is -2.47. The number of piperazine rings is 1. The van der Waals surface area contributed by atoms with Gasteiger partial charge >= 0.3 is 0 Å². The molecule has 184 valence electrons. The van der Waals surface area contributed by atoms with Crippen molar-refractivity contribution in [1.29, 1.82) is 0 Å². The van der Waals surface area contributed by atoms with Gasteiger partial charge in [0.1, 0.15) is 11.4 Å². The molecule has 3 aromatic heterocycles. The van der Waals surface area contributed by atoms with E-state index in [4.69, 9.17) is 15.1 Å². The van der Waals surface area contributed by atoms with Crippen LogP contribution in [0.25, 0.3) is 27.8 Å². The van der Waals surface area contributed by atoms with Crippen LogP contribution in [0.5, 0.6) is 5.75 Å². The number of nitrogens with zero attached hydrogens (tertiary/aromatic N) is 7. The molecule has 0 spiro atoms. The summed E-state index contributed by atoms with van der Waals surface area (Å²) in [5.74, 6) is 1.50. The zero-order valence-corrected chi connectivity index (χ0v) is 19.7. The van der Waals surface area contributed by atoms with Crippen LogP contribution in [0.15, 0.2) is 60.8 Å². The zero-order valence-electron chi connectivity index (χ0n) is 19.7. The van der Waals surface area contributed by atoms with Gasteiger partial charge in [-0.1, -0.05) is 18.2 Å². The second-order valence-electron chi connectivity index (χ2n) is 8.84. The Morgan fingerprint density at radius 2 is 1.56 bits per heavy atom. The number of aromatic nitrogens is 5. The molecule has 4 heterocycles. The maximum absolute atomic E-state index is 9.91. The SMILES string of the molecule is OCCn1ccc2c(-n3nc(CO)c4ccccc43)nc(N3CCN(c4ccc(O)cc4)CC3)nc21. The molecule has 0 bridgehead atoms. The molecule has 2 aromatic carbocycles. The van der Waals surface area contributed by atoms with Crippen LogP contribution in [-0.2, 0) is 13.2 Å². The summed E-state index contributed by atoms with van der Waals surface area (Å²) in [6.07, 6.45) is 1.91. The summed E-state index contributed by atoms with van der Waals surface area (Å²) in [4.78, 5) is 14.3. The standard InChI is InChI=1S/C26H27N7O3/c34-16-15-31-10-9-21-24(31)27-26(32-13-11-30(12-14-32)18-5-7-19(36)8-6-18)28-25(21)33-23-4-2-1-3-20(23)22(17-35)29-33/h1-10,34-36H,11-17H2. The van der Waals surface area contributed by atoms with E-state index in [0.717, 1.165) is 53.8 Å². The van der Waals surface area contributed by atoms with Crippen LogP contribution in [0.2, 0.25) is 0 Å². The Balaban J connectivity index is 1.41. The quantitative estimate of drug-likeness (QED) is 0.336. The summed E-state index contributed by atoms with van der Waals surface area (Å²) in [6, 6.07) is 17.0. The molecular formula is C26H27N7O3. The van der Waals surface area contributed by atoms with E-state index < -0.39 is 0 Å². The molecule has 5 aromatic rings. The van der Waals surface area contributed by atoms with Crippen molar-refractivity contribution in [2.45, 2.75) is 13.2 Å². The Labute approximate surface area is 207 Å². The van der Waals surface area contributed by atoms with Crippen LogP contribution in [0, 0.1) is 0 Å². The van der Waals surface area contributed by atoms with Crippen molar-refractivity contribution in [3.8, 4) is 11.6 Å². The summed E-state index contributed by atoms with van der Waals surface area (Å²) >= 11 is 0. The molecule has 0 aliphatic carbocycles. The number of fused-ring (bicyclic) bond motifs is 2. The molecule has 0 amide bonds. The minimum Gasteiger partial charge on any atom is -0.508 e. The number of aliphatic hydroxyl groups is 2. The second-order valence-corrected chi connectivity index (χ2v) is 8.84. The Bertz CT molecular complexity index is 1520. The van der Waals surface area contributed by atoms with Gasteiger partial charge in [-0.3, -0.25) is 0 Å². The van der Waals surface area contributed by atoms with Crippen molar-refractivity contribution < 1.29 is 15.3 Å². The van der Waals surface area contributed by atoms with Gasteiger partial charge in [-0.05, 0) is 36.4 Å². The molecule has 0 radical (unpaired) electrons. The lowest BCUT2D eigenvalue weighted by atomic mass is 10.2. The fourth-order valence-electron chi connectivity index (χ4n) is 4.87. The highest BCUT2D eigenvalue weighted by Gasteiger charge is 2.23. The van der Waals surface area contributed by atoms with E-state index in [2.05, 4.69) is 9.80 Å². The largest absolute Gasteiger partial charge is 0.508 e. The van der Waals surface area contributed by atoms with Gasteiger partial charge in [0.05, 0.1) is 29.8 Å². The number of rotatable bonds is 6. The molecule has 0 saturated carbocycles. The van der Waals surface area contributed by atoms with Crippen molar-refractivity contribution in [3.63, 3.8) is 0 Å². The third-order valence-corrected chi connectivity index (χ3v) is 6.72. The number of phenols is 1. The van der Waals surface area contributed by atoms with E-state index in [9.17, 15) is 15.3 Å². The van der Waals surface area contributed by atoms with E-state index in [0.29, 0.717) is 24.0 Å². The first kappa shape index (κ1) is 22.3. The van der Waals surface area contributed by atoms with E-state index >= 15 is 0 Å². The second kappa shape index (κ2) is 9.14. The molecule has 0 unspecified atom stereocenters. The minimum absolute atomic E-state index is 0.00309. The number of benzene rings is 2. The highest BCUT2D eigenvalue weighted by molar-refractivity contribution is 5.89. The average Bonchev–Trinajstić information content (AvgIpc) is 3.50. The first-order valence-electron chi connectivity index (χ1n) is 12.0. The lowest BCUT2D eigenvalue weighted by Gasteiger charge is -2.36. The summed E-state index contributed by atoms with van der Waals surface area (Å²) in [6.45, 7) is 3.30. The third kappa shape index (κ3) is 3.80. The normalized spacial score (nSPS) is 14.3. The molecule has 1 aliphatic rings. The van der Waals surface area contributed by atoms with E-state index in [-0.39, 0.29) is 19.0 Å². The molecule has 1 aliphatic heterocycles. The molecular weight excluding hydrogens is 458 g/mol. The van der Waals surface area contributed by atoms with Gasteiger partial charge in [-0.15, -0.1) is 0 Å². The minimum atomic E-state index is -0.167. The molecule has 10 heteroatoms. The zero-order chi connectivity index (χ0) is 24.6. The van der Waals surface area contributed by atoms with Gasteiger partial charge in [-0.25, -0.2) is 4.68 Å². The predicted molar refractivity (Wildman–Crippen MR) is 138 cm³/mol. The van der Waals surface area contributed by atoms with Gasteiger partial charge in [-0.2, -0.15) is 15.1 Å². The van der Waals surface area contributed by atoms with Crippen LogP contribution < -0.4 is 9.80 Å². The monoisotopic (exact) mass is 485 g/mol. The van der Waals surface area contributed by atoms with Gasteiger partial charge in [0.2, 0.25) is 5.95 Å². The maximum atomic E-state index is 9.91. The number of phenolic OH excluding ortho intramolecular Hbond substituents is 1. The van der Waals surface area contributed by atoms with Crippen molar-refractivity contribution in [2.75, 3.05) is 42.6 Å². The molecule has 1 fully saturated rings. The van der Waals surface area contributed by atoms with Crippen molar-refractivity contribution in [3.05, 3.63) is 66.5 Å². The molecule has 3 N–H and O–H groups in total. The van der Waals surface area contributed by atoms with Gasteiger partial charge in [0.25, 0.3) is 0 Å². The van der Waals surface area contributed by atoms with Crippen LogP contribution in [-0.4, -0.2) is 72.4 Å². The fourth-order valence-corrected chi connectivity index (χ4v) is 4.87. The number of hydrogen-bond acceptors (Lipinski definition) is 8. The first-order chi connectivity index (χ1) is 17.7. The number of anilines is 2. The van der Waals surface area contributed by atoms with Crippen molar-refractivity contribution >= 4 is 33.6 Å². The molecule has 36 heavy (non-hydrogen) atoms. The van der Waals surface area contributed by atoms with Gasteiger partial charge in [0.15, 0.2) is 5.82 Å². The topological polar surface area (TPSA) is 116 Å². The Kier molecular flexibility index (Phi) is 5.67. The average molecular weight is 486 g/mol. The molecule has 0 atom stereocenters. The summed E-state index contributed by atoms with van der Waals surface area (Å²) in [7, 11) is 0. The molecule has 10 nitrogen and oxygen atoms in total. The van der Waals surface area contributed by atoms with Crippen molar-refractivity contribution in [1.82, 2.24) is 24.3 Å². The molecule has 6 rings (SSSR count). The first-order valence-corrected chi connectivity index (χ1v) is 12.0. The number of para-hydroxylation sites is 1. The van der Waals surface area contributed by atoms with E-state index in [1.807, 2.05) is 53.2 Å². The van der Waals surface area contributed by atoms with Gasteiger partial charge < -0.3 is 29.7 Å². The summed E-state index contributed by atoms with van der Waals surface area (Å²) in [5.41, 5.74) is 3.26. The number of hydrogen-bond donors (Lipinski definition) is 3. The Morgan fingerprint density at radius 1 is 0.806 bits per heavy atom. The smallest absolute Gasteiger partial charge is 0.229 e. The third-order valence-electron chi connectivity index (χ3n) is 6.72. The van der Waals surface area contributed by atoms with E-state index in [1.54, 1.807) is 16.8 Å². The Hall–Kier alpha value is -4.15.